The molecule has 1 aliphatic carbocycles. The van der Waals surface area contributed by atoms with Crippen LogP contribution in [-0.2, 0) is 9.47 Å². The van der Waals surface area contributed by atoms with Crippen LogP contribution >= 0.6 is 0 Å². The molecule has 1 fully saturated rings. The first-order chi connectivity index (χ1) is 10.1. The summed E-state index contributed by atoms with van der Waals surface area (Å²) in [6.07, 6.45) is 4.77. The number of nitrogens with one attached hydrogen (secondary N) is 1. The average Bonchev–Trinajstić information content (AvgIpc) is 2.48. The lowest BCUT2D eigenvalue weighted by atomic mass is 9.93. The van der Waals surface area contributed by atoms with Gasteiger partial charge in [-0.25, -0.2) is 4.79 Å². The summed E-state index contributed by atoms with van der Waals surface area (Å²) in [4.78, 5) is 11.8. The lowest BCUT2D eigenvalue weighted by Crippen LogP contribution is -2.29. The summed E-state index contributed by atoms with van der Waals surface area (Å²) in [6, 6.07) is 8.00. The van der Waals surface area contributed by atoms with Gasteiger partial charge >= 0.3 is 5.97 Å². The van der Waals surface area contributed by atoms with Gasteiger partial charge in [0.1, 0.15) is 0 Å². The quantitative estimate of drug-likeness (QED) is 0.842. The Kier molecular flexibility index (Phi) is 5.62. The normalized spacial score (nSPS) is 22.1. The van der Waals surface area contributed by atoms with E-state index in [4.69, 9.17) is 9.47 Å². The smallest absolute Gasteiger partial charge is 0.338 e. The van der Waals surface area contributed by atoms with Crippen molar-refractivity contribution in [2.75, 3.05) is 12.4 Å². The van der Waals surface area contributed by atoms with Crippen molar-refractivity contribution in [1.29, 1.82) is 0 Å². The van der Waals surface area contributed by atoms with E-state index in [0.29, 0.717) is 17.7 Å². The fourth-order valence-electron chi connectivity index (χ4n) is 2.66. The molecular weight excluding hydrogens is 266 g/mol. The van der Waals surface area contributed by atoms with E-state index in [1.54, 1.807) is 7.11 Å². The van der Waals surface area contributed by atoms with Gasteiger partial charge in [-0.05, 0) is 63.8 Å². The van der Waals surface area contributed by atoms with Crippen molar-refractivity contribution in [3.05, 3.63) is 29.8 Å². The zero-order chi connectivity index (χ0) is 15.2. The number of hydrogen-bond acceptors (Lipinski definition) is 4. The van der Waals surface area contributed by atoms with E-state index in [-0.39, 0.29) is 12.1 Å². The summed E-state index contributed by atoms with van der Waals surface area (Å²) in [6.45, 7) is 3.70. The molecule has 0 atom stereocenters. The molecule has 0 amide bonds. The van der Waals surface area contributed by atoms with Crippen LogP contribution in [0.2, 0.25) is 0 Å². The van der Waals surface area contributed by atoms with Gasteiger partial charge in [0.2, 0.25) is 0 Å². The van der Waals surface area contributed by atoms with Crippen molar-refractivity contribution < 1.29 is 14.3 Å². The first-order valence-corrected chi connectivity index (χ1v) is 7.69. The van der Waals surface area contributed by atoms with Crippen LogP contribution in [0.5, 0.6) is 0 Å². The Morgan fingerprint density at radius 3 is 2.29 bits per heavy atom. The number of benzene rings is 1. The highest BCUT2D eigenvalue weighted by molar-refractivity contribution is 5.89. The molecule has 1 N–H and O–H groups in total. The highest BCUT2D eigenvalue weighted by atomic mass is 16.5. The molecule has 1 aromatic carbocycles. The monoisotopic (exact) mass is 291 g/mol. The van der Waals surface area contributed by atoms with Gasteiger partial charge < -0.3 is 14.8 Å². The Morgan fingerprint density at radius 1 is 1.14 bits per heavy atom. The molecule has 1 aliphatic rings. The van der Waals surface area contributed by atoms with Gasteiger partial charge in [0, 0.05) is 18.8 Å². The fraction of sp³-hybridized carbons (Fsp3) is 0.588. The number of anilines is 1. The summed E-state index contributed by atoms with van der Waals surface area (Å²) < 4.78 is 10.6. The van der Waals surface area contributed by atoms with E-state index in [9.17, 15) is 4.79 Å². The lowest BCUT2D eigenvalue weighted by molar-refractivity contribution is 0.0378. The number of carbonyl (C=O) groups is 1. The van der Waals surface area contributed by atoms with Gasteiger partial charge in [0.05, 0.1) is 17.8 Å². The lowest BCUT2D eigenvalue weighted by Gasteiger charge is -2.28. The Hall–Kier alpha value is -1.55. The fourth-order valence-corrected chi connectivity index (χ4v) is 2.66. The maximum atomic E-state index is 11.8. The van der Waals surface area contributed by atoms with Crippen molar-refractivity contribution in [3.63, 3.8) is 0 Å². The van der Waals surface area contributed by atoms with Gasteiger partial charge in [0.25, 0.3) is 0 Å². The van der Waals surface area contributed by atoms with Crippen molar-refractivity contribution in [2.24, 2.45) is 0 Å². The van der Waals surface area contributed by atoms with Crippen LogP contribution in [0.4, 0.5) is 5.69 Å². The molecule has 0 heterocycles. The van der Waals surface area contributed by atoms with E-state index in [2.05, 4.69) is 5.32 Å². The topological polar surface area (TPSA) is 47.6 Å². The van der Waals surface area contributed by atoms with E-state index in [1.807, 2.05) is 38.1 Å². The van der Waals surface area contributed by atoms with Crippen molar-refractivity contribution in [1.82, 2.24) is 0 Å². The Morgan fingerprint density at radius 2 is 1.76 bits per heavy atom. The minimum Gasteiger partial charge on any atom is -0.459 e. The summed E-state index contributed by atoms with van der Waals surface area (Å²) in [7, 11) is 1.79. The standard InChI is InChI=1S/C17H25NO3/c1-12(2)21-17(19)13-4-6-14(7-5-13)18-15-8-10-16(20-3)11-9-15/h4-7,12,15-16,18H,8-11H2,1-3H3. The van der Waals surface area contributed by atoms with Crippen LogP contribution in [-0.4, -0.2) is 31.3 Å². The summed E-state index contributed by atoms with van der Waals surface area (Å²) >= 11 is 0. The predicted octanol–water partition coefficient (Wildman–Crippen LogP) is 3.62. The van der Waals surface area contributed by atoms with E-state index in [0.717, 1.165) is 31.4 Å². The molecule has 0 bridgehead atoms. The van der Waals surface area contributed by atoms with Crippen molar-refractivity contribution in [2.45, 2.75) is 57.8 Å². The molecule has 116 valence electrons. The molecular formula is C17H25NO3. The zero-order valence-electron chi connectivity index (χ0n) is 13.1. The maximum absolute atomic E-state index is 11.8. The van der Waals surface area contributed by atoms with Gasteiger partial charge in [-0.2, -0.15) is 0 Å². The minimum atomic E-state index is -0.267. The van der Waals surface area contributed by atoms with Gasteiger partial charge in [-0.1, -0.05) is 0 Å². The number of esters is 1. The second-order valence-electron chi connectivity index (χ2n) is 5.89. The van der Waals surface area contributed by atoms with Gasteiger partial charge in [-0.3, -0.25) is 0 Å². The van der Waals surface area contributed by atoms with Gasteiger partial charge in [-0.15, -0.1) is 0 Å². The molecule has 1 aromatic rings. The average molecular weight is 291 g/mol. The number of carbonyl (C=O) groups excluding carboxylic acids is 1. The number of ether oxygens (including phenoxy) is 2. The molecule has 2 rings (SSSR count). The molecule has 0 spiro atoms. The van der Waals surface area contributed by atoms with Crippen molar-refractivity contribution >= 4 is 11.7 Å². The number of methoxy groups -OCH3 is 1. The van der Waals surface area contributed by atoms with E-state index >= 15 is 0 Å². The van der Waals surface area contributed by atoms with E-state index in [1.165, 1.54) is 0 Å². The van der Waals surface area contributed by atoms with Crippen LogP contribution in [0.15, 0.2) is 24.3 Å². The molecule has 0 unspecified atom stereocenters. The Bertz CT molecular complexity index is 448. The number of hydrogen-bond donors (Lipinski definition) is 1. The maximum Gasteiger partial charge on any atom is 0.338 e. The Balaban J connectivity index is 1.86. The van der Waals surface area contributed by atoms with Crippen LogP contribution in [0, 0.1) is 0 Å². The highest BCUT2D eigenvalue weighted by Crippen LogP contribution is 2.24. The molecule has 0 aliphatic heterocycles. The predicted molar refractivity (Wildman–Crippen MR) is 83.7 cm³/mol. The first-order valence-electron chi connectivity index (χ1n) is 7.69. The third-order valence-corrected chi connectivity index (χ3v) is 3.84. The zero-order valence-corrected chi connectivity index (χ0v) is 13.1. The van der Waals surface area contributed by atoms with Crippen molar-refractivity contribution in [3.8, 4) is 0 Å². The minimum absolute atomic E-state index is 0.0914. The van der Waals surface area contributed by atoms with Gasteiger partial charge in [0.15, 0.2) is 0 Å². The first kappa shape index (κ1) is 15.8. The van der Waals surface area contributed by atoms with Crippen LogP contribution < -0.4 is 5.32 Å². The third kappa shape index (κ3) is 4.74. The summed E-state index contributed by atoms with van der Waals surface area (Å²) in [5, 5.41) is 3.52. The van der Waals surface area contributed by atoms with Crippen LogP contribution in [0.1, 0.15) is 49.9 Å². The molecule has 4 nitrogen and oxygen atoms in total. The molecule has 21 heavy (non-hydrogen) atoms. The Labute approximate surface area is 126 Å². The highest BCUT2D eigenvalue weighted by Gasteiger charge is 2.20. The second kappa shape index (κ2) is 7.46. The van der Waals surface area contributed by atoms with Crippen LogP contribution in [0.3, 0.4) is 0 Å². The molecule has 0 aromatic heterocycles. The molecule has 4 heteroatoms. The number of rotatable bonds is 5. The molecule has 1 saturated carbocycles. The third-order valence-electron chi connectivity index (χ3n) is 3.84. The summed E-state index contributed by atoms with van der Waals surface area (Å²) in [5.41, 5.74) is 1.65. The largest absolute Gasteiger partial charge is 0.459 e. The van der Waals surface area contributed by atoms with Crippen LogP contribution in [0.25, 0.3) is 0 Å². The SMILES string of the molecule is COC1CCC(Nc2ccc(C(=O)OC(C)C)cc2)CC1. The molecule has 0 saturated heterocycles. The second-order valence-corrected chi connectivity index (χ2v) is 5.89. The summed E-state index contributed by atoms with van der Waals surface area (Å²) in [5.74, 6) is -0.267. The molecule has 0 radical (unpaired) electrons. The van der Waals surface area contributed by atoms with E-state index < -0.39 is 0 Å².